The largest absolute Gasteiger partial charge is 0.492 e. The van der Waals surface area contributed by atoms with E-state index >= 15 is 0 Å². The number of hydrogen-bond donors (Lipinski definition) is 1. The zero-order valence-electron chi connectivity index (χ0n) is 14.8. The quantitative estimate of drug-likeness (QED) is 0.747. The number of anilines is 1. The smallest absolute Gasteiger partial charge is 0.290 e. The predicted octanol–water partition coefficient (Wildman–Crippen LogP) is 3.92. The highest BCUT2D eigenvalue weighted by Gasteiger charge is 2.13. The van der Waals surface area contributed by atoms with Crippen LogP contribution in [0.5, 0.6) is 5.75 Å². The summed E-state index contributed by atoms with van der Waals surface area (Å²) in [7, 11) is 0. The van der Waals surface area contributed by atoms with Crippen LogP contribution in [0.1, 0.15) is 45.1 Å². The Morgan fingerprint density at radius 1 is 1.08 bits per heavy atom. The maximum atomic E-state index is 12.3. The van der Waals surface area contributed by atoms with Crippen LogP contribution in [0.2, 0.25) is 0 Å². The zero-order valence-corrected chi connectivity index (χ0v) is 14.8. The number of pyridine rings is 1. The maximum Gasteiger partial charge on any atom is 0.290 e. The van der Waals surface area contributed by atoms with Crippen LogP contribution in [-0.2, 0) is 11.3 Å². The van der Waals surface area contributed by atoms with Gasteiger partial charge >= 0.3 is 0 Å². The van der Waals surface area contributed by atoms with Crippen molar-refractivity contribution in [1.29, 1.82) is 0 Å². The van der Waals surface area contributed by atoms with E-state index in [9.17, 15) is 4.79 Å². The summed E-state index contributed by atoms with van der Waals surface area (Å²) in [4.78, 5) is 12.3. The Morgan fingerprint density at radius 3 is 2.38 bits per heavy atom. The summed E-state index contributed by atoms with van der Waals surface area (Å²) in [6, 6.07) is 11.7. The lowest BCUT2D eigenvalue weighted by molar-refractivity contribution is -0.684. The molecule has 1 aromatic carbocycles. The first-order valence-corrected chi connectivity index (χ1v) is 8.68. The summed E-state index contributed by atoms with van der Waals surface area (Å²) in [5.41, 5.74) is 2.04. The van der Waals surface area contributed by atoms with Gasteiger partial charge < -0.3 is 10.1 Å². The van der Waals surface area contributed by atoms with Crippen molar-refractivity contribution in [2.24, 2.45) is 0 Å². The number of aromatic nitrogens is 1. The van der Waals surface area contributed by atoms with Crippen LogP contribution >= 0.6 is 0 Å². The standard InChI is InChI=1S/C20H26N2O2/c1-4-16(5-2)17-11-13-22(14-12-17)15-20(23)21-18-9-7-8-10-19(18)24-6-3/h7-14,16H,4-6,15H2,1-3H3/p+1. The second kappa shape index (κ2) is 9.06. The van der Waals surface area contributed by atoms with E-state index in [0.717, 1.165) is 12.8 Å². The minimum atomic E-state index is -0.0672. The molecule has 0 bridgehead atoms. The van der Waals surface area contributed by atoms with Gasteiger partial charge in [-0.3, -0.25) is 4.79 Å². The van der Waals surface area contributed by atoms with Gasteiger partial charge in [0.05, 0.1) is 12.3 Å². The number of rotatable bonds is 8. The number of nitrogens with zero attached hydrogens (tertiary/aromatic N) is 1. The van der Waals surface area contributed by atoms with Gasteiger partial charge in [0.2, 0.25) is 6.54 Å². The first-order valence-electron chi connectivity index (χ1n) is 8.68. The van der Waals surface area contributed by atoms with E-state index in [4.69, 9.17) is 4.74 Å². The lowest BCUT2D eigenvalue weighted by atomic mass is 9.95. The molecule has 0 unspecified atom stereocenters. The van der Waals surface area contributed by atoms with Gasteiger partial charge in [-0.1, -0.05) is 26.0 Å². The van der Waals surface area contributed by atoms with Crippen LogP contribution in [0.3, 0.4) is 0 Å². The maximum absolute atomic E-state index is 12.3. The zero-order chi connectivity index (χ0) is 17.4. The number of para-hydroxylation sites is 2. The van der Waals surface area contributed by atoms with Gasteiger partial charge in [0.25, 0.3) is 5.91 Å². The van der Waals surface area contributed by atoms with E-state index in [2.05, 4.69) is 31.3 Å². The normalized spacial score (nSPS) is 10.7. The van der Waals surface area contributed by atoms with Crippen LogP contribution in [-0.4, -0.2) is 12.5 Å². The van der Waals surface area contributed by atoms with Crippen molar-refractivity contribution >= 4 is 11.6 Å². The molecule has 0 saturated carbocycles. The highest BCUT2D eigenvalue weighted by Crippen LogP contribution is 2.23. The topological polar surface area (TPSA) is 42.2 Å². The van der Waals surface area contributed by atoms with Crippen LogP contribution in [0, 0.1) is 0 Å². The van der Waals surface area contributed by atoms with Crippen molar-refractivity contribution in [3.63, 3.8) is 0 Å². The van der Waals surface area contributed by atoms with Gasteiger partial charge in [-0.15, -0.1) is 0 Å². The summed E-state index contributed by atoms with van der Waals surface area (Å²) in [6.45, 7) is 7.19. The molecule has 0 aliphatic carbocycles. The summed E-state index contributed by atoms with van der Waals surface area (Å²) in [5, 5.41) is 2.92. The number of ether oxygens (including phenoxy) is 1. The second-order valence-corrected chi connectivity index (χ2v) is 5.79. The second-order valence-electron chi connectivity index (χ2n) is 5.79. The molecule has 1 amide bonds. The third kappa shape index (κ3) is 4.82. The molecule has 4 nitrogen and oxygen atoms in total. The van der Waals surface area contributed by atoms with Crippen molar-refractivity contribution in [3.05, 3.63) is 54.4 Å². The number of nitrogens with one attached hydrogen (secondary N) is 1. The first kappa shape index (κ1) is 18.0. The van der Waals surface area contributed by atoms with Crippen LogP contribution < -0.4 is 14.6 Å². The lowest BCUT2D eigenvalue weighted by Crippen LogP contribution is -2.39. The van der Waals surface area contributed by atoms with Crippen LogP contribution in [0.15, 0.2) is 48.8 Å². The molecule has 0 aliphatic rings. The van der Waals surface area contributed by atoms with Crippen molar-refractivity contribution in [2.45, 2.75) is 46.1 Å². The van der Waals surface area contributed by atoms with Gasteiger partial charge in [-0.25, -0.2) is 0 Å². The van der Waals surface area contributed by atoms with E-state index in [1.54, 1.807) is 0 Å². The Hall–Kier alpha value is -2.36. The number of hydrogen-bond acceptors (Lipinski definition) is 2. The Balaban J connectivity index is 2.00. The summed E-state index contributed by atoms with van der Waals surface area (Å²) >= 11 is 0. The van der Waals surface area contributed by atoms with E-state index in [1.165, 1.54) is 5.56 Å². The van der Waals surface area contributed by atoms with Crippen molar-refractivity contribution in [3.8, 4) is 5.75 Å². The molecule has 0 radical (unpaired) electrons. The molecular formula is C20H27N2O2+. The molecule has 24 heavy (non-hydrogen) atoms. The molecule has 128 valence electrons. The Labute approximate surface area is 144 Å². The third-order valence-electron chi connectivity index (χ3n) is 4.16. The number of carbonyl (C=O) groups excluding carboxylic acids is 1. The van der Waals surface area contributed by atoms with Crippen molar-refractivity contribution < 1.29 is 14.1 Å². The fraction of sp³-hybridized carbons (Fsp3) is 0.400. The van der Waals surface area contributed by atoms with E-state index < -0.39 is 0 Å². The fourth-order valence-corrected chi connectivity index (χ4v) is 2.81. The molecule has 0 aliphatic heterocycles. The number of benzene rings is 1. The van der Waals surface area contributed by atoms with Crippen LogP contribution in [0.25, 0.3) is 0 Å². The SMILES string of the molecule is CCOc1ccccc1NC(=O)C[n+]1ccc(C(CC)CC)cc1. The average Bonchev–Trinajstić information content (AvgIpc) is 2.59. The Bertz CT molecular complexity index is 649. The molecule has 0 atom stereocenters. The molecule has 1 N–H and O–H groups in total. The molecule has 2 aromatic rings. The van der Waals surface area contributed by atoms with Gasteiger partial charge in [0.15, 0.2) is 12.4 Å². The number of amides is 1. The molecule has 1 aromatic heterocycles. The minimum absolute atomic E-state index is 0.0672. The Kier molecular flexibility index (Phi) is 6.79. The highest BCUT2D eigenvalue weighted by molar-refractivity contribution is 5.91. The van der Waals surface area contributed by atoms with Crippen molar-refractivity contribution in [1.82, 2.24) is 0 Å². The molecular weight excluding hydrogens is 300 g/mol. The molecule has 1 heterocycles. The van der Waals surface area contributed by atoms with Crippen molar-refractivity contribution in [2.75, 3.05) is 11.9 Å². The van der Waals surface area contributed by atoms with E-state index in [-0.39, 0.29) is 12.5 Å². The monoisotopic (exact) mass is 327 g/mol. The molecule has 2 rings (SSSR count). The van der Waals surface area contributed by atoms with E-state index in [1.807, 2.05) is 48.1 Å². The minimum Gasteiger partial charge on any atom is -0.492 e. The average molecular weight is 327 g/mol. The number of carbonyl (C=O) groups is 1. The third-order valence-corrected chi connectivity index (χ3v) is 4.16. The molecule has 0 spiro atoms. The summed E-state index contributed by atoms with van der Waals surface area (Å²) in [6.07, 6.45) is 6.22. The van der Waals surface area contributed by atoms with Gasteiger partial charge in [0, 0.05) is 12.1 Å². The summed E-state index contributed by atoms with van der Waals surface area (Å²) in [5.74, 6) is 1.22. The van der Waals surface area contributed by atoms with Gasteiger partial charge in [-0.05, 0) is 43.4 Å². The Morgan fingerprint density at radius 2 is 1.75 bits per heavy atom. The predicted molar refractivity (Wildman–Crippen MR) is 96.2 cm³/mol. The van der Waals surface area contributed by atoms with Crippen LogP contribution in [0.4, 0.5) is 5.69 Å². The van der Waals surface area contributed by atoms with E-state index in [0.29, 0.717) is 24.0 Å². The van der Waals surface area contributed by atoms with Gasteiger partial charge in [-0.2, -0.15) is 4.57 Å². The fourth-order valence-electron chi connectivity index (χ4n) is 2.81. The molecule has 0 saturated heterocycles. The van der Waals surface area contributed by atoms with Gasteiger partial charge in [0.1, 0.15) is 5.75 Å². The highest BCUT2D eigenvalue weighted by atomic mass is 16.5. The summed E-state index contributed by atoms with van der Waals surface area (Å²) < 4.78 is 7.43. The molecule has 4 heteroatoms. The lowest BCUT2D eigenvalue weighted by Gasteiger charge is -2.12. The molecule has 0 fully saturated rings. The first-order chi connectivity index (χ1) is 11.7.